The van der Waals surface area contributed by atoms with Crippen LogP contribution in [0, 0.1) is 0 Å². The van der Waals surface area contributed by atoms with Gasteiger partial charge in [0.2, 0.25) is 5.91 Å². The summed E-state index contributed by atoms with van der Waals surface area (Å²) in [6, 6.07) is 0. The second-order valence-corrected chi connectivity index (χ2v) is 3.19. The van der Waals surface area contributed by atoms with E-state index in [9.17, 15) is 4.79 Å². The first-order chi connectivity index (χ1) is 6.52. The van der Waals surface area contributed by atoms with Crippen LogP contribution in [0.4, 0.5) is 0 Å². The van der Waals surface area contributed by atoms with Gasteiger partial charge in [0.25, 0.3) is 0 Å². The molecule has 0 aromatic rings. The summed E-state index contributed by atoms with van der Waals surface area (Å²) in [5.41, 5.74) is 4.92. The topological polar surface area (TPSA) is 55.6 Å². The summed E-state index contributed by atoms with van der Waals surface area (Å²) >= 11 is 0. The van der Waals surface area contributed by atoms with Crippen molar-refractivity contribution in [1.29, 1.82) is 0 Å². The number of amides is 1. The summed E-state index contributed by atoms with van der Waals surface area (Å²) < 4.78 is 5.35. The minimum absolute atomic E-state index is 0.456. The van der Waals surface area contributed by atoms with Crippen LogP contribution >= 0.6 is 0 Å². The Kier molecular flexibility index (Phi) is 6.49. The van der Waals surface area contributed by atoms with Crippen LogP contribution in [0.15, 0.2) is 24.0 Å². The van der Waals surface area contributed by atoms with Crippen molar-refractivity contribution in [2.45, 2.75) is 6.92 Å². The number of ether oxygens (including phenoxy) is 1. The van der Waals surface area contributed by atoms with E-state index >= 15 is 0 Å². The standard InChI is InChI=1S/C10H18N2O2/c1-9(5-4-6-10(11)13)14-8-7-12(2)3/h4-6H,7-8H2,1-3H3,(H2,11,13)/b6-4+,9-5-. The fraction of sp³-hybridized carbons (Fsp3) is 0.500. The molecule has 0 spiro atoms. The number of carbonyl (C=O) groups excluding carboxylic acids is 1. The Morgan fingerprint density at radius 3 is 2.64 bits per heavy atom. The normalized spacial score (nSPS) is 12.4. The highest BCUT2D eigenvalue weighted by atomic mass is 16.5. The van der Waals surface area contributed by atoms with Crippen LogP contribution in [0.25, 0.3) is 0 Å². The van der Waals surface area contributed by atoms with E-state index in [0.29, 0.717) is 6.61 Å². The fourth-order valence-corrected chi connectivity index (χ4v) is 0.716. The van der Waals surface area contributed by atoms with Crippen molar-refractivity contribution in [3.05, 3.63) is 24.0 Å². The average Bonchev–Trinajstić information content (AvgIpc) is 2.02. The maximum Gasteiger partial charge on any atom is 0.241 e. The van der Waals surface area contributed by atoms with Crippen molar-refractivity contribution in [2.24, 2.45) is 5.73 Å². The molecule has 0 saturated carbocycles. The zero-order valence-electron chi connectivity index (χ0n) is 8.99. The molecule has 0 rings (SSSR count). The molecule has 0 heterocycles. The number of carbonyl (C=O) groups is 1. The van der Waals surface area contributed by atoms with Gasteiger partial charge in [-0.2, -0.15) is 0 Å². The summed E-state index contributed by atoms with van der Waals surface area (Å²) in [5, 5.41) is 0. The number of nitrogens with two attached hydrogens (primary N) is 1. The molecule has 0 atom stereocenters. The summed E-state index contributed by atoms with van der Waals surface area (Å²) in [7, 11) is 3.96. The van der Waals surface area contributed by atoms with Crippen molar-refractivity contribution >= 4 is 5.91 Å². The van der Waals surface area contributed by atoms with Crippen molar-refractivity contribution < 1.29 is 9.53 Å². The molecule has 0 bridgehead atoms. The number of rotatable bonds is 6. The Bertz CT molecular complexity index is 232. The quantitative estimate of drug-likeness (QED) is 0.384. The fourth-order valence-electron chi connectivity index (χ4n) is 0.716. The highest BCUT2D eigenvalue weighted by Gasteiger charge is 1.91. The average molecular weight is 198 g/mol. The molecule has 0 aliphatic carbocycles. The van der Waals surface area contributed by atoms with Crippen LogP contribution < -0.4 is 5.73 Å². The molecule has 1 amide bonds. The van der Waals surface area contributed by atoms with Crippen LogP contribution in [-0.4, -0.2) is 38.1 Å². The van der Waals surface area contributed by atoms with Gasteiger partial charge < -0.3 is 15.4 Å². The van der Waals surface area contributed by atoms with Gasteiger partial charge in [0.1, 0.15) is 6.61 Å². The predicted molar refractivity (Wildman–Crippen MR) is 56.6 cm³/mol. The minimum Gasteiger partial charge on any atom is -0.497 e. The molecule has 0 radical (unpaired) electrons. The lowest BCUT2D eigenvalue weighted by molar-refractivity contribution is -0.113. The van der Waals surface area contributed by atoms with Gasteiger partial charge in [0, 0.05) is 12.6 Å². The number of hydrogen-bond donors (Lipinski definition) is 1. The van der Waals surface area contributed by atoms with Crippen LogP contribution in [0.2, 0.25) is 0 Å². The third kappa shape index (κ3) is 8.80. The van der Waals surface area contributed by atoms with E-state index in [-0.39, 0.29) is 0 Å². The van der Waals surface area contributed by atoms with Gasteiger partial charge >= 0.3 is 0 Å². The summed E-state index contributed by atoms with van der Waals surface area (Å²) in [4.78, 5) is 12.4. The van der Waals surface area contributed by atoms with Crippen molar-refractivity contribution in [3.8, 4) is 0 Å². The Morgan fingerprint density at radius 1 is 1.50 bits per heavy atom. The van der Waals surface area contributed by atoms with Crippen LogP contribution in [-0.2, 0) is 9.53 Å². The third-order valence-electron chi connectivity index (χ3n) is 1.46. The molecular formula is C10H18N2O2. The molecular weight excluding hydrogens is 180 g/mol. The second-order valence-electron chi connectivity index (χ2n) is 3.19. The molecule has 0 unspecified atom stereocenters. The number of allylic oxidation sites excluding steroid dienone is 3. The summed E-state index contributed by atoms with van der Waals surface area (Å²) in [5.74, 6) is 0.312. The van der Waals surface area contributed by atoms with Crippen molar-refractivity contribution in [3.63, 3.8) is 0 Å². The van der Waals surface area contributed by atoms with Crippen LogP contribution in [0.3, 0.4) is 0 Å². The predicted octanol–water partition coefficient (Wildman–Crippen LogP) is 0.510. The van der Waals surface area contributed by atoms with Gasteiger partial charge in [-0.25, -0.2) is 0 Å². The van der Waals surface area contributed by atoms with E-state index in [2.05, 4.69) is 0 Å². The third-order valence-corrected chi connectivity index (χ3v) is 1.46. The Balaban J connectivity index is 3.72. The van der Waals surface area contributed by atoms with Crippen molar-refractivity contribution in [2.75, 3.05) is 27.2 Å². The zero-order chi connectivity index (χ0) is 11.0. The lowest BCUT2D eigenvalue weighted by atomic mass is 10.4. The van der Waals surface area contributed by atoms with E-state index in [4.69, 9.17) is 10.5 Å². The molecule has 0 aliphatic rings. The monoisotopic (exact) mass is 198 g/mol. The lowest BCUT2D eigenvalue weighted by Crippen LogP contribution is -2.17. The van der Waals surface area contributed by atoms with E-state index in [1.54, 1.807) is 12.2 Å². The van der Waals surface area contributed by atoms with Gasteiger partial charge in [0.05, 0.1) is 5.76 Å². The summed E-state index contributed by atoms with van der Waals surface area (Å²) in [6.07, 6.45) is 4.58. The van der Waals surface area contributed by atoms with Gasteiger partial charge in [-0.3, -0.25) is 4.79 Å². The van der Waals surface area contributed by atoms with E-state index in [0.717, 1.165) is 12.3 Å². The Hall–Kier alpha value is -1.29. The van der Waals surface area contributed by atoms with Gasteiger partial charge in [-0.1, -0.05) is 6.08 Å². The molecule has 0 aliphatic heterocycles. The van der Waals surface area contributed by atoms with Gasteiger partial charge in [-0.05, 0) is 27.1 Å². The SMILES string of the molecule is C/C(=C/C=C/C(N)=O)OCCN(C)C. The first-order valence-electron chi connectivity index (χ1n) is 4.44. The van der Waals surface area contributed by atoms with E-state index < -0.39 is 5.91 Å². The molecule has 0 aromatic carbocycles. The smallest absolute Gasteiger partial charge is 0.241 e. The Labute approximate surface area is 85.0 Å². The molecule has 0 saturated heterocycles. The zero-order valence-corrected chi connectivity index (χ0v) is 8.99. The molecule has 4 nitrogen and oxygen atoms in total. The Morgan fingerprint density at radius 2 is 2.14 bits per heavy atom. The molecule has 14 heavy (non-hydrogen) atoms. The molecule has 4 heteroatoms. The maximum atomic E-state index is 10.3. The molecule has 80 valence electrons. The minimum atomic E-state index is -0.456. The van der Waals surface area contributed by atoms with E-state index in [1.165, 1.54) is 6.08 Å². The maximum absolute atomic E-state index is 10.3. The van der Waals surface area contributed by atoms with Crippen LogP contribution in [0.5, 0.6) is 0 Å². The van der Waals surface area contributed by atoms with Gasteiger partial charge in [0.15, 0.2) is 0 Å². The number of primary amides is 1. The lowest BCUT2D eigenvalue weighted by Gasteiger charge is -2.10. The molecule has 0 aromatic heterocycles. The summed E-state index contributed by atoms with van der Waals surface area (Å²) in [6.45, 7) is 3.34. The highest BCUT2D eigenvalue weighted by Crippen LogP contribution is 1.95. The van der Waals surface area contributed by atoms with Crippen molar-refractivity contribution in [1.82, 2.24) is 4.90 Å². The van der Waals surface area contributed by atoms with Crippen LogP contribution in [0.1, 0.15) is 6.92 Å². The first-order valence-corrected chi connectivity index (χ1v) is 4.44. The van der Waals surface area contributed by atoms with Gasteiger partial charge in [-0.15, -0.1) is 0 Å². The number of hydrogen-bond acceptors (Lipinski definition) is 3. The second kappa shape index (κ2) is 7.15. The first kappa shape index (κ1) is 12.7. The largest absolute Gasteiger partial charge is 0.497 e. The molecule has 2 N–H and O–H groups in total. The van der Waals surface area contributed by atoms with E-state index in [1.807, 2.05) is 25.9 Å². The number of likely N-dealkylation sites (N-methyl/N-ethyl adjacent to an activating group) is 1. The molecule has 0 fully saturated rings. The highest BCUT2D eigenvalue weighted by molar-refractivity contribution is 5.85. The number of nitrogens with zero attached hydrogens (tertiary/aromatic N) is 1.